The van der Waals surface area contributed by atoms with Crippen LogP contribution in [0.15, 0.2) is 54.6 Å². The number of nitro benzene ring substituents is 1. The van der Waals surface area contributed by atoms with Gasteiger partial charge in [-0.2, -0.15) is 0 Å². The molecule has 4 rings (SSSR count). The third kappa shape index (κ3) is 4.18. The van der Waals surface area contributed by atoms with Crippen molar-refractivity contribution < 1.29 is 14.5 Å². The monoisotopic (exact) mass is 423 g/mol. The van der Waals surface area contributed by atoms with Crippen LogP contribution < -0.4 is 10.2 Å². The lowest BCUT2D eigenvalue weighted by Gasteiger charge is -2.15. The largest absolute Gasteiger partial charge is 0.312 e. The summed E-state index contributed by atoms with van der Waals surface area (Å²) in [5.41, 5.74) is 1.06. The maximum atomic E-state index is 12.4. The number of nitrogens with one attached hydrogen (secondary N) is 1. The standard InChI is InChI=1S/C20H17N5O4S/c26-17(10-13-6-4-5-9-16(13)25(28)29)21-20-23-22-19(30-20)14-11-18(27)24(12-14)15-7-2-1-3-8-15/h1-9,14H,10-12H2,(H,21,23,26). The molecule has 1 N–H and O–H groups in total. The third-order valence-electron chi connectivity index (χ3n) is 4.77. The smallest absolute Gasteiger partial charge is 0.273 e. The average Bonchev–Trinajstić information content (AvgIpc) is 3.35. The van der Waals surface area contributed by atoms with E-state index in [0.29, 0.717) is 28.7 Å². The van der Waals surface area contributed by atoms with Crippen LogP contribution in [0, 0.1) is 10.1 Å². The van der Waals surface area contributed by atoms with Gasteiger partial charge in [0, 0.05) is 36.2 Å². The number of carbonyl (C=O) groups is 2. The maximum Gasteiger partial charge on any atom is 0.273 e. The predicted octanol–water partition coefficient (Wildman–Crippen LogP) is 3.15. The number of aromatic nitrogens is 2. The Balaban J connectivity index is 1.41. The lowest BCUT2D eigenvalue weighted by molar-refractivity contribution is -0.385. The fraction of sp³-hybridized carbons (Fsp3) is 0.200. The molecular weight excluding hydrogens is 406 g/mol. The van der Waals surface area contributed by atoms with Crippen molar-refractivity contribution in [2.45, 2.75) is 18.8 Å². The van der Waals surface area contributed by atoms with Crippen molar-refractivity contribution in [3.05, 3.63) is 75.3 Å². The van der Waals surface area contributed by atoms with E-state index in [1.54, 1.807) is 23.1 Å². The molecule has 9 nitrogen and oxygen atoms in total. The molecule has 1 aliphatic heterocycles. The maximum absolute atomic E-state index is 12.4. The van der Waals surface area contributed by atoms with Gasteiger partial charge in [0.15, 0.2) is 0 Å². The highest BCUT2D eigenvalue weighted by Gasteiger charge is 2.33. The van der Waals surface area contributed by atoms with Crippen molar-refractivity contribution >= 4 is 39.7 Å². The summed E-state index contributed by atoms with van der Waals surface area (Å²) in [5.74, 6) is -0.500. The van der Waals surface area contributed by atoms with Gasteiger partial charge in [-0.1, -0.05) is 47.7 Å². The summed E-state index contributed by atoms with van der Waals surface area (Å²) >= 11 is 1.21. The molecule has 0 radical (unpaired) electrons. The first-order chi connectivity index (χ1) is 14.5. The van der Waals surface area contributed by atoms with Crippen molar-refractivity contribution in [2.75, 3.05) is 16.8 Å². The fourth-order valence-corrected chi connectivity index (χ4v) is 4.21. The summed E-state index contributed by atoms with van der Waals surface area (Å²) in [6.07, 6.45) is 0.184. The molecule has 1 fully saturated rings. The van der Waals surface area contributed by atoms with Crippen LogP contribution in [0.4, 0.5) is 16.5 Å². The molecule has 1 aromatic heterocycles. The highest BCUT2D eigenvalue weighted by Crippen LogP contribution is 2.34. The molecular formula is C20H17N5O4S. The molecule has 0 saturated carbocycles. The van der Waals surface area contributed by atoms with E-state index in [1.807, 2.05) is 30.3 Å². The van der Waals surface area contributed by atoms with E-state index in [4.69, 9.17) is 0 Å². The first kappa shape index (κ1) is 19.6. The van der Waals surface area contributed by atoms with E-state index >= 15 is 0 Å². The second-order valence-corrected chi connectivity index (χ2v) is 7.81. The van der Waals surface area contributed by atoms with Crippen LogP contribution in [0.2, 0.25) is 0 Å². The molecule has 0 bridgehead atoms. The Morgan fingerprint density at radius 2 is 1.90 bits per heavy atom. The van der Waals surface area contributed by atoms with E-state index in [2.05, 4.69) is 15.5 Å². The van der Waals surface area contributed by atoms with Gasteiger partial charge < -0.3 is 10.2 Å². The fourth-order valence-electron chi connectivity index (χ4n) is 3.36. The van der Waals surface area contributed by atoms with Crippen molar-refractivity contribution in [1.29, 1.82) is 0 Å². The third-order valence-corrected chi connectivity index (χ3v) is 5.77. The Kier molecular flexibility index (Phi) is 5.48. The van der Waals surface area contributed by atoms with E-state index in [1.165, 1.54) is 17.4 Å². The Bertz CT molecular complexity index is 1100. The van der Waals surface area contributed by atoms with E-state index in [9.17, 15) is 19.7 Å². The minimum atomic E-state index is -0.513. The number of para-hydroxylation sites is 2. The Morgan fingerprint density at radius 1 is 1.17 bits per heavy atom. The van der Waals surface area contributed by atoms with Crippen LogP contribution in [0.1, 0.15) is 22.9 Å². The van der Waals surface area contributed by atoms with Gasteiger partial charge in [0.05, 0.1) is 11.3 Å². The molecule has 2 amide bonds. The van der Waals surface area contributed by atoms with Crippen LogP contribution in [0.3, 0.4) is 0 Å². The number of benzene rings is 2. The van der Waals surface area contributed by atoms with Gasteiger partial charge in [0.25, 0.3) is 5.69 Å². The lowest BCUT2D eigenvalue weighted by Crippen LogP contribution is -2.24. The first-order valence-electron chi connectivity index (χ1n) is 9.22. The van der Waals surface area contributed by atoms with Gasteiger partial charge in [0.1, 0.15) is 5.01 Å². The molecule has 1 unspecified atom stereocenters. The molecule has 2 aromatic carbocycles. The Hall–Kier alpha value is -3.66. The number of carbonyl (C=O) groups excluding carboxylic acids is 2. The van der Waals surface area contributed by atoms with Crippen LogP contribution in [-0.4, -0.2) is 33.5 Å². The minimum absolute atomic E-state index is 0.0170. The van der Waals surface area contributed by atoms with Crippen molar-refractivity contribution in [2.24, 2.45) is 0 Å². The summed E-state index contributed by atoms with van der Waals surface area (Å²) in [4.78, 5) is 37.0. The van der Waals surface area contributed by atoms with Crippen molar-refractivity contribution in [3.8, 4) is 0 Å². The molecule has 10 heteroatoms. The molecule has 0 spiro atoms. The van der Waals surface area contributed by atoms with Crippen molar-refractivity contribution in [3.63, 3.8) is 0 Å². The molecule has 1 atom stereocenters. The van der Waals surface area contributed by atoms with Gasteiger partial charge >= 0.3 is 0 Å². The number of rotatable bonds is 6. The Morgan fingerprint density at radius 3 is 2.67 bits per heavy atom. The quantitative estimate of drug-likeness (QED) is 0.481. The molecule has 1 saturated heterocycles. The van der Waals surface area contributed by atoms with Gasteiger partial charge in [0.2, 0.25) is 16.9 Å². The number of nitrogens with zero attached hydrogens (tertiary/aromatic N) is 4. The predicted molar refractivity (Wildman–Crippen MR) is 111 cm³/mol. The van der Waals surface area contributed by atoms with E-state index in [-0.39, 0.29) is 23.9 Å². The van der Waals surface area contributed by atoms with E-state index in [0.717, 1.165) is 5.69 Å². The summed E-state index contributed by atoms with van der Waals surface area (Å²) in [7, 11) is 0. The summed E-state index contributed by atoms with van der Waals surface area (Å²) in [6.45, 7) is 0.502. The second kappa shape index (κ2) is 8.37. The van der Waals surface area contributed by atoms with Crippen LogP contribution >= 0.6 is 11.3 Å². The number of hydrogen-bond acceptors (Lipinski definition) is 7. The SMILES string of the molecule is O=C(Cc1ccccc1[N+](=O)[O-])Nc1nnc(C2CC(=O)N(c3ccccc3)C2)s1. The zero-order valence-corrected chi connectivity index (χ0v) is 16.5. The molecule has 2 heterocycles. The summed E-state index contributed by atoms with van der Waals surface area (Å²) in [6, 6.07) is 15.5. The zero-order valence-electron chi connectivity index (χ0n) is 15.7. The molecule has 30 heavy (non-hydrogen) atoms. The minimum Gasteiger partial charge on any atom is -0.312 e. The van der Waals surface area contributed by atoms with Gasteiger partial charge in [-0.15, -0.1) is 10.2 Å². The summed E-state index contributed by atoms with van der Waals surface area (Å²) < 4.78 is 0. The topological polar surface area (TPSA) is 118 Å². The molecule has 0 aliphatic carbocycles. The highest BCUT2D eigenvalue weighted by molar-refractivity contribution is 7.15. The van der Waals surface area contributed by atoms with Gasteiger partial charge in [-0.25, -0.2) is 0 Å². The molecule has 152 valence electrons. The van der Waals surface area contributed by atoms with Gasteiger partial charge in [-0.3, -0.25) is 19.7 Å². The van der Waals surface area contributed by atoms with Crippen LogP contribution in [0.5, 0.6) is 0 Å². The summed E-state index contributed by atoms with van der Waals surface area (Å²) in [5, 5.41) is 22.8. The number of hydrogen-bond donors (Lipinski definition) is 1. The number of amides is 2. The van der Waals surface area contributed by atoms with Crippen LogP contribution in [-0.2, 0) is 16.0 Å². The number of anilines is 2. The number of nitro groups is 1. The van der Waals surface area contributed by atoms with E-state index < -0.39 is 10.8 Å². The zero-order chi connectivity index (χ0) is 21.1. The van der Waals surface area contributed by atoms with Gasteiger partial charge in [-0.05, 0) is 12.1 Å². The molecule has 3 aromatic rings. The first-order valence-corrected chi connectivity index (χ1v) is 10.0. The normalized spacial score (nSPS) is 15.9. The average molecular weight is 423 g/mol. The van der Waals surface area contributed by atoms with Crippen molar-refractivity contribution in [1.82, 2.24) is 10.2 Å². The lowest BCUT2D eigenvalue weighted by atomic mass is 10.1. The molecule has 1 aliphatic rings. The highest BCUT2D eigenvalue weighted by atomic mass is 32.1. The van der Waals surface area contributed by atoms with Crippen LogP contribution in [0.25, 0.3) is 0 Å². The second-order valence-electron chi connectivity index (χ2n) is 6.80. The Labute approximate surface area is 175 Å².